The van der Waals surface area contributed by atoms with Gasteiger partial charge in [-0.1, -0.05) is 29.3 Å². The number of amides is 2. The van der Waals surface area contributed by atoms with Crippen LogP contribution in [0.25, 0.3) is 0 Å². The van der Waals surface area contributed by atoms with E-state index in [0.29, 0.717) is 24.3 Å². The van der Waals surface area contributed by atoms with E-state index in [2.05, 4.69) is 22.9 Å². The summed E-state index contributed by atoms with van der Waals surface area (Å²) in [5.41, 5.74) is 0.432. The van der Waals surface area contributed by atoms with Crippen molar-refractivity contribution in [1.29, 1.82) is 0 Å². The Balaban J connectivity index is 2.21. The third-order valence-corrected chi connectivity index (χ3v) is 4.03. The molecular formula is C15H18BrNO3. The normalized spacial score (nSPS) is 18.4. The summed E-state index contributed by atoms with van der Waals surface area (Å²) in [4.78, 5) is 25.9. The van der Waals surface area contributed by atoms with Gasteiger partial charge in [0.1, 0.15) is 5.75 Å². The number of benzene rings is 1. The maximum Gasteiger partial charge on any atom is 0.264 e. The molecule has 0 radical (unpaired) electrons. The largest absolute Gasteiger partial charge is 0.496 e. The van der Waals surface area contributed by atoms with Crippen molar-refractivity contribution in [2.75, 3.05) is 13.7 Å². The van der Waals surface area contributed by atoms with Crippen molar-refractivity contribution in [3.05, 3.63) is 28.2 Å². The number of halogens is 1. The van der Waals surface area contributed by atoms with Crippen LogP contribution in [-0.2, 0) is 4.79 Å². The topological polar surface area (TPSA) is 46.6 Å². The monoisotopic (exact) mass is 339 g/mol. The van der Waals surface area contributed by atoms with Gasteiger partial charge in [-0.3, -0.25) is 14.5 Å². The molecule has 1 aromatic rings. The lowest BCUT2D eigenvalue weighted by molar-refractivity contribution is -0.125. The fraction of sp³-hybridized carbons (Fsp3) is 0.467. The van der Waals surface area contributed by atoms with Crippen molar-refractivity contribution >= 4 is 27.7 Å². The molecule has 0 aromatic heterocycles. The van der Waals surface area contributed by atoms with Gasteiger partial charge in [-0.15, -0.1) is 0 Å². The van der Waals surface area contributed by atoms with Crippen LogP contribution in [0.2, 0.25) is 0 Å². The van der Waals surface area contributed by atoms with Crippen LogP contribution < -0.4 is 4.74 Å². The molecule has 1 fully saturated rings. The number of hydrogen-bond acceptors (Lipinski definition) is 3. The smallest absolute Gasteiger partial charge is 0.264 e. The van der Waals surface area contributed by atoms with E-state index in [9.17, 15) is 9.59 Å². The fourth-order valence-corrected chi connectivity index (χ4v) is 2.91. The van der Waals surface area contributed by atoms with Gasteiger partial charge in [0, 0.05) is 17.4 Å². The standard InChI is InChI=1S/C15H18BrNO3/c1-3-4-10-7-14(18)17(9-10)15(19)12-6-5-11(16)8-13(12)20-2/h5-6,8,10H,3-4,7,9H2,1-2H3. The van der Waals surface area contributed by atoms with E-state index in [1.807, 2.05) is 0 Å². The molecule has 0 bridgehead atoms. The van der Waals surface area contributed by atoms with Gasteiger partial charge in [0.2, 0.25) is 5.91 Å². The Labute approximate surface area is 127 Å². The summed E-state index contributed by atoms with van der Waals surface area (Å²) in [5, 5.41) is 0. The van der Waals surface area contributed by atoms with E-state index in [1.165, 1.54) is 12.0 Å². The van der Waals surface area contributed by atoms with E-state index >= 15 is 0 Å². The number of likely N-dealkylation sites (tertiary alicyclic amines) is 1. The van der Waals surface area contributed by atoms with Gasteiger partial charge in [-0.05, 0) is 30.5 Å². The maximum absolute atomic E-state index is 12.5. The third kappa shape index (κ3) is 3.03. The molecule has 1 unspecified atom stereocenters. The first kappa shape index (κ1) is 15.0. The molecule has 1 aliphatic rings. The lowest BCUT2D eigenvalue weighted by atomic mass is 10.0. The Hall–Kier alpha value is -1.36. The van der Waals surface area contributed by atoms with Gasteiger partial charge >= 0.3 is 0 Å². The first-order valence-electron chi connectivity index (χ1n) is 6.75. The summed E-state index contributed by atoms with van der Waals surface area (Å²) >= 11 is 3.34. The predicted octanol–water partition coefficient (Wildman–Crippen LogP) is 3.25. The summed E-state index contributed by atoms with van der Waals surface area (Å²) in [7, 11) is 1.52. The zero-order valence-electron chi connectivity index (χ0n) is 11.7. The molecule has 0 N–H and O–H groups in total. The fourth-order valence-electron chi connectivity index (χ4n) is 2.57. The van der Waals surface area contributed by atoms with E-state index in [1.54, 1.807) is 18.2 Å². The summed E-state index contributed by atoms with van der Waals surface area (Å²) in [6.07, 6.45) is 2.48. The molecule has 2 rings (SSSR count). The molecule has 0 spiro atoms. The predicted molar refractivity (Wildman–Crippen MR) is 79.8 cm³/mol. The van der Waals surface area contributed by atoms with Crippen molar-refractivity contribution < 1.29 is 14.3 Å². The average Bonchev–Trinajstić information content (AvgIpc) is 2.79. The molecule has 1 saturated heterocycles. The Morgan fingerprint density at radius 2 is 2.25 bits per heavy atom. The molecule has 1 aliphatic heterocycles. The molecule has 5 heteroatoms. The van der Waals surface area contributed by atoms with Crippen LogP contribution in [0.4, 0.5) is 0 Å². The first-order chi connectivity index (χ1) is 9.56. The minimum absolute atomic E-state index is 0.0848. The van der Waals surface area contributed by atoms with Crippen molar-refractivity contribution in [3.63, 3.8) is 0 Å². The molecule has 4 nitrogen and oxygen atoms in total. The lowest BCUT2D eigenvalue weighted by Crippen LogP contribution is -2.32. The highest BCUT2D eigenvalue weighted by Gasteiger charge is 2.34. The lowest BCUT2D eigenvalue weighted by Gasteiger charge is -2.16. The number of rotatable bonds is 4. The molecule has 1 heterocycles. The molecule has 0 saturated carbocycles. The second kappa shape index (κ2) is 6.39. The van der Waals surface area contributed by atoms with Gasteiger partial charge in [0.05, 0.1) is 12.7 Å². The van der Waals surface area contributed by atoms with Crippen LogP contribution >= 0.6 is 15.9 Å². The van der Waals surface area contributed by atoms with Crippen LogP contribution in [0, 0.1) is 5.92 Å². The second-order valence-corrected chi connectivity index (χ2v) is 5.93. The highest BCUT2D eigenvalue weighted by atomic mass is 79.9. The Morgan fingerprint density at radius 3 is 2.90 bits per heavy atom. The number of imide groups is 1. The molecule has 1 aromatic carbocycles. The Bertz CT molecular complexity index is 530. The summed E-state index contributed by atoms with van der Waals surface area (Å²) in [6.45, 7) is 2.61. The summed E-state index contributed by atoms with van der Waals surface area (Å²) in [5.74, 6) is 0.422. The molecular weight excluding hydrogens is 322 g/mol. The van der Waals surface area contributed by atoms with Crippen LogP contribution in [0.15, 0.2) is 22.7 Å². The van der Waals surface area contributed by atoms with Crippen LogP contribution in [-0.4, -0.2) is 30.4 Å². The molecule has 0 aliphatic carbocycles. The van der Waals surface area contributed by atoms with Crippen molar-refractivity contribution in [1.82, 2.24) is 4.90 Å². The quantitative estimate of drug-likeness (QED) is 0.791. The number of hydrogen-bond donors (Lipinski definition) is 0. The van der Waals surface area contributed by atoms with E-state index < -0.39 is 0 Å². The summed E-state index contributed by atoms with van der Waals surface area (Å²) in [6, 6.07) is 5.20. The number of carbonyl (C=O) groups is 2. The number of carbonyl (C=O) groups excluding carboxylic acids is 2. The SMILES string of the molecule is CCCC1CC(=O)N(C(=O)c2ccc(Br)cc2OC)C1. The van der Waals surface area contributed by atoms with Crippen LogP contribution in [0.1, 0.15) is 36.5 Å². The highest BCUT2D eigenvalue weighted by molar-refractivity contribution is 9.10. The van der Waals surface area contributed by atoms with E-state index in [-0.39, 0.29) is 17.7 Å². The van der Waals surface area contributed by atoms with Crippen LogP contribution in [0.3, 0.4) is 0 Å². The molecule has 1 atom stereocenters. The summed E-state index contributed by atoms with van der Waals surface area (Å²) < 4.78 is 6.06. The van der Waals surface area contributed by atoms with Crippen molar-refractivity contribution in [3.8, 4) is 5.75 Å². The zero-order chi connectivity index (χ0) is 14.7. The van der Waals surface area contributed by atoms with E-state index in [4.69, 9.17) is 4.74 Å². The van der Waals surface area contributed by atoms with Gasteiger partial charge < -0.3 is 4.74 Å². The zero-order valence-corrected chi connectivity index (χ0v) is 13.3. The molecule has 20 heavy (non-hydrogen) atoms. The van der Waals surface area contributed by atoms with Crippen molar-refractivity contribution in [2.45, 2.75) is 26.2 Å². The molecule has 2 amide bonds. The minimum atomic E-state index is -0.266. The van der Waals surface area contributed by atoms with Gasteiger partial charge in [-0.25, -0.2) is 0 Å². The Morgan fingerprint density at radius 1 is 1.50 bits per heavy atom. The number of nitrogens with zero attached hydrogens (tertiary/aromatic N) is 1. The number of ether oxygens (including phenoxy) is 1. The van der Waals surface area contributed by atoms with Crippen LogP contribution in [0.5, 0.6) is 5.75 Å². The Kier molecular flexibility index (Phi) is 4.81. The third-order valence-electron chi connectivity index (χ3n) is 3.54. The maximum atomic E-state index is 12.5. The molecule has 108 valence electrons. The van der Waals surface area contributed by atoms with Gasteiger partial charge in [0.15, 0.2) is 0 Å². The first-order valence-corrected chi connectivity index (χ1v) is 7.54. The van der Waals surface area contributed by atoms with Crippen molar-refractivity contribution in [2.24, 2.45) is 5.92 Å². The highest BCUT2D eigenvalue weighted by Crippen LogP contribution is 2.28. The average molecular weight is 340 g/mol. The van der Waals surface area contributed by atoms with E-state index in [0.717, 1.165) is 17.3 Å². The minimum Gasteiger partial charge on any atom is -0.496 e. The van der Waals surface area contributed by atoms with Gasteiger partial charge in [0.25, 0.3) is 5.91 Å². The second-order valence-electron chi connectivity index (χ2n) is 5.01. The number of methoxy groups -OCH3 is 1. The van der Waals surface area contributed by atoms with Gasteiger partial charge in [-0.2, -0.15) is 0 Å².